The fourth-order valence-corrected chi connectivity index (χ4v) is 3.42. The van der Waals surface area contributed by atoms with E-state index in [4.69, 9.17) is 0 Å². The van der Waals surface area contributed by atoms with Crippen molar-refractivity contribution in [1.82, 2.24) is 5.32 Å². The Bertz CT molecular complexity index is 960. The molecule has 0 heterocycles. The highest BCUT2D eigenvalue weighted by Crippen LogP contribution is 2.41. The lowest BCUT2D eigenvalue weighted by Gasteiger charge is -2.24. The van der Waals surface area contributed by atoms with Gasteiger partial charge in [0.15, 0.2) is 0 Å². The zero-order valence-electron chi connectivity index (χ0n) is 17.6. The number of hydrogen-bond acceptors (Lipinski definition) is 1. The Labute approximate surface area is 203 Å². The van der Waals surface area contributed by atoms with Crippen LogP contribution in [0.15, 0.2) is 36.4 Å². The highest BCUT2D eigenvalue weighted by atomic mass is 79.9. The van der Waals surface area contributed by atoms with Crippen molar-refractivity contribution in [2.24, 2.45) is 0 Å². The fraction of sp³-hybridized carbons (Fsp3) is 0.381. The molecule has 0 aromatic heterocycles. The average molecular weight is 604 g/mol. The Kier molecular flexibility index (Phi) is 8.38. The van der Waals surface area contributed by atoms with Crippen LogP contribution in [0, 0.1) is 0 Å². The molecule has 2 aromatic carbocycles. The van der Waals surface area contributed by atoms with Gasteiger partial charge in [0.1, 0.15) is 0 Å². The number of halogens is 13. The summed E-state index contributed by atoms with van der Waals surface area (Å²) >= 11 is 2.97. The Morgan fingerprint density at radius 3 is 1.17 bits per heavy atom. The maximum Gasteiger partial charge on any atom is 0.416 e. The van der Waals surface area contributed by atoms with Gasteiger partial charge in [-0.2, -0.15) is 52.7 Å². The van der Waals surface area contributed by atoms with Gasteiger partial charge in [0.05, 0.1) is 28.3 Å². The molecule has 0 spiro atoms. The smallest absolute Gasteiger partial charge is 0.345 e. The first-order valence-corrected chi connectivity index (χ1v) is 10.5. The van der Waals surface area contributed by atoms with Crippen LogP contribution in [0.1, 0.15) is 52.8 Å². The summed E-state index contributed by atoms with van der Waals surface area (Å²) in [5.74, 6) is -1.07. The lowest BCUT2D eigenvalue weighted by atomic mass is 9.92. The second-order valence-electron chi connectivity index (χ2n) is 7.66. The van der Waals surface area contributed by atoms with E-state index < -0.39 is 81.3 Å². The SMILES string of the molecule is C[C@H](Br)CC(=O)NC(c1cc(C(F)(F)F)cc(C(F)(F)F)c1)c1cc(C(F)(F)F)cc(C(F)(F)F)c1. The molecule has 0 aliphatic rings. The van der Waals surface area contributed by atoms with Gasteiger partial charge in [-0.3, -0.25) is 4.79 Å². The molecule has 0 fully saturated rings. The summed E-state index contributed by atoms with van der Waals surface area (Å²) in [7, 11) is 0. The molecular weight excluding hydrogens is 590 g/mol. The van der Waals surface area contributed by atoms with E-state index in [0.717, 1.165) is 0 Å². The van der Waals surface area contributed by atoms with Crippen LogP contribution in [0.3, 0.4) is 0 Å². The first-order chi connectivity index (χ1) is 16.1. The molecule has 0 aliphatic heterocycles. The van der Waals surface area contributed by atoms with E-state index >= 15 is 0 Å². The van der Waals surface area contributed by atoms with Gasteiger partial charge in [0, 0.05) is 11.2 Å². The van der Waals surface area contributed by atoms with Crippen LogP contribution in [0.5, 0.6) is 0 Å². The summed E-state index contributed by atoms with van der Waals surface area (Å²) in [4.78, 5) is 11.7. The molecule has 0 unspecified atom stereocenters. The Morgan fingerprint density at radius 2 is 0.944 bits per heavy atom. The third-order valence-electron chi connectivity index (χ3n) is 4.66. The van der Waals surface area contributed by atoms with Crippen LogP contribution in [0.2, 0.25) is 0 Å². The quantitative estimate of drug-likeness (QED) is 0.271. The summed E-state index contributed by atoms with van der Waals surface area (Å²) in [6.45, 7) is 1.42. The van der Waals surface area contributed by atoms with Gasteiger partial charge < -0.3 is 5.32 Å². The van der Waals surface area contributed by atoms with Crippen molar-refractivity contribution in [3.05, 3.63) is 69.8 Å². The predicted octanol–water partition coefficient (Wildman–Crippen LogP) is 8.14. The van der Waals surface area contributed by atoms with Crippen molar-refractivity contribution in [1.29, 1.82) is 0 Å². The molecule has 2 aromatic rings. The minimum Gasteiger partial charge on any atom is -0.345 e. The molecule has 200 valence electrons. The van der Waals surface area contributed by atoms with Crippen LogP contribution in [-0.2, 0) is 29.5 Å². The summed E-state index contributed by atoms with van der Waals surface area (Å²) < 4.78 is 160. The van der Waals surface area contributed by atoms with Crippen molar-refractivity contribution in [2.45, 2.75) is 48.9 Å². The van der Waals surface area contributed by atoms with Gasteiger partial charge >= 0.3 is 24.7 Å². The number of carbonyl (C=O) groups excluding carboxylic acids is 1. The van der Waals surface area contributed by atoms with Crippen molar-refractivity contribution in [3.8, 4) is 0 Å². The topological polar surface area (TPSA) is 29.1 Å². The molecule has 1 atom stereocenters. The van der Waals surface area contributed by atoms with Gasteiger partial charge in [-0.05, 0) is 47.5 Å². The van der Waals surface area contributed by atoms with Crippen molar-refractivity contribution in [3.63, 3.8) is 0 Å². The number of carbonyl (C=O) groups is 1. The largest absolute Gasteiger partial charge is 0.416 e. The molecule has 0 saturated carbocycles. The second kappa shape index (κ2) is 10.1. The third kappa shape index (κ3) is 7.77. The summed E-state index contributed by atoms with van der Waals surface area (Å²) in [5.41, 5.74) is -9.54. The van der Waals surface area contributed by atoms with E-state index in [0.29, 0.717) is 0 Å². The number of benzene rings is 2. The average Bonchev–Trinajstić information content (AvgIpc) is 2.68. The standard InChI is InChI=1S/C21H14BrF12NO/c1-9(22)2-16(36)35-17(10-3-12(18(23,24)25)7-13(4-10)19(26,27)28)11-5-14(20(29,30)31)8-15(6-11)21(32,33)34/h3-9,17H,2H2,1H3,(H,35,36)/t9-/m0/s1. The first kappa shape index (κ1) is 29.8. The van der Waals surface area contributed by atoms with E-state index in [9.17, 15) is 57.5 Å². The summed E-state index contributed by atoms with van der Waals surface area (Å²) in [6, 6.07) is -2.30. The molecule has 0 radical (unpaired) electrons. The van der Waals surface area contributed by atoms with Crippen LogP contribution in [-0.4, -0.2) is 10.7 Å². The number of amides is 1. The van der Waals surface area contributed by atoms with Crippen molar-refractivity contribution >= 4 is 21.8 Å². The van der Waals surface area contributed by atoms with Crippen LogP contribution in [0.25, 0.3) is 0 Å². The number of nitrogens with one attached hydrogen (secondary N) is 1. The van der Waals surface area contributed by atoms with Gasteiger partial charge in [-0.25, -0.2) is 0 Å². The van der Waals surface area contributed by atoms with Gasteiger partial charge in [-0.15, -0.1) is 0 Å². The van der Waals surface area contributed by atoms with E-state index in [1.165, 1.54) is 6.92 Å². The number of rotatable bonds is 5. The normalized spacial score (nSPS) is 14.2. The minimum absolute atomic E-state index is 0.116. The highest BCUT2D eigenvalue weighted by molar-refractivity contribution is 9.09. The van der Waals surface area contributed by atoms with Gasteiger partial charge in [-0.1, -0.05) is 22.9 Å². The van der Waals surface area contributed by atoms with E-state index in [2.05, 4.69) is 15.9 Å². The van der Waals surface area contributed by atoms with E-state index in [1.807, 2.05) is 5.32 Å². The van der Waals surface area contributed by atoms with E-state index in [-0.39, 0.29) is 36.4 Å². The van der Waals surface area contributed by atoms with Gasteiger partial charge in [0.2, 0.25) is 5.91 Å². The summed E-state index contributed by atoms with van der Waals surface area (Å²) in [6.07, 6.45) is -21.9. The maximum atomic E-state index is 13.3. The van der Waals surface area contributed by atoms with Crippen LogP contribution >= 0.6 is 15.9 Å². The Morgan fingerprint density at radius 1 is 0.667 bits per heavy atom. The monoisotopic (exact) mass is 603 g/mol. The molecule has 1 amide bonds. The fourth-order valence-electron chi connectivity index (χ4n) is 3.13. The molecule has 36 heavy (non-hydrogen) atoms. The maximum absolute atomic E-state index is 13.3. The third-order valence-corrected chi connectivity index (χ3v) is 4.98. The Hall–Kier alpha value is -2.45. The number of alkyl halides is 13. The molecule has 0 saturated heterocycles. The molecule has 1 N–H and O–H groups in total. The first-order valence-electron chi connectivity index (χ1n) is 9.61. The molecule has 15 heteroatoms. The van der Waals surface area contributed by atoms with Crippen molar-refractivity contribution in [2.75, 3.05) is 0 Å². The van der Waals surface area contributed by atoms with Crippen LogP contribution < -0.4 is 5.32 Å². The Balaban J connectivity index is 2.88. The van der Waals surface area contributed by atoms with E-state index in [1.54, 1.807) is 0 Å². The zero-order valence-corrected chi connectivity index (χ0v) is 19.2. The molecule has 2 nitrogen and oxygen atoms in total. The molecule has 0 bridgehead atoms. The predicted molar refractivity (Wildman–Crippen MR) is 106 cm³/mol. The highest BCUT2D eigenvalue weighted by Gasteiger charge is 2.40. The molecular formula is C21H14BrF12NO. The van der Waals surface area contributed by atoms with Crippen molar-refractivity contribution < 1.29 is 57.5 Å². The summed E-state index contributed by atoms with van der Waals surface area (Å²) in [5, 5.41) is 1.96. The molecule has 0 aliphatic carbocycles. The zero-order chi connectivity index (χ0) is 27.9. The minimum atomic E-state index is -5.36. The lowest BCUT2D eigenvalue weighted by molar-refractivity contribution is -0.144. The van der Waals surface area contributed by atoms with Crippen LogP contribution in [0.4, 0.5) is 52.7 Å². The van der Waals surface area contributed by atoms with Gasteiger partial charge in [0.25, 0.3) is 0 Å². The second-order valence-corrected chi connectivity index (χ2v) is 9.23. The lowest BCUT2D eigenvalue weighted by Crippen LogP contribution is -2.31. The molecule has 2 rings (SSSR count). The number of hydrogen-bond donors (Lipinski definition) is 1.